The van der Waals surface area contributed by atoms with Crippen LogP contribution in [0.15, 0.2) is 18.2 Å². The van der Waals surface area contributed by atoms with Crippen LogP contribution in [0.5, 0.6) is 5.75 Å². The molecule has 2 bridgehead atoms. The van der Waals surface area contributed by atoms with Gasteiger partial charge in [0.2, 0.25) is 0 Å². The number of fused-ring (bicyclic) bond motifs is 2. The van der Waals surface area contributed by atoms with Gasteiger partial charge in [0.25, 0.3) is 5.91 Å². The first-order chi connectivity index (χ1) is 8.63. The molecule has 0 radical (unpaired) electrons. The molecule has 0 saturated carbocycles. The van der Waals surface area contributed by atoms with Crippen molar-refractivity contribution in [2.45, 2.75) is 25.0 Å². The van der Waals surface area contributed by atoms with Gasteiger partial charge in [0.15, 0.2) is 0 Å². The van der Waals surface area contributed by atoms with E-state index in [0.29, 0.717) is 13.1 Å². The highest BCUT2D eigenvalue weighted by Crippen LogP contribution is 2.27. The Labute approximate surface area is 104 Å². The van der Waals surface area contributed by atoms with Gasteiger partial charge in [-0.15, -0.1) is 0 Å². The maximum Gasteiger partial charge on any atom is 0.257 e. The van der Waals surface area contributed by atoms with E-state index >= 15 is 0 Å². The maximum absolute atomic E-state index is 13.6. The fourth-order valence-electron chi connectivity index (χ4n) is 2.63. The number of hydrogen-bond acceptors (Lipinski definition) is 3. The zero-order valence-corrected chi connectivity index (χ0v) is 9.80. The van der Waals surface area contributed by atoms with Crippen molar-refractivity contribution in [1.29, 1.82) is 0 Å². The smallest absolute Gasteiger partial charge is 0.257 e. The van der Waals surface area contributed by atoms with Gasteiger partial charge in [0.05, 0.1) is 17.8 Å². The van der Waals surface area contributed by atoms with Crippen molar-refractivity contribution in [2.24, 2.45) is 0 Å². The molecule has 1 aromatic rings. The molecule has 1 amide bonds. The molecule has 2 unspecified atom stereocenters. The van der Waals surface area contributed by atoms with Crippen LogP contribution in [0.1, 0.15) is 23.2 Å². The number of benzene rings is 1. The van der Waals surface area contributed by atoms with Gasteiger partial charge in [-0.25, -0.2) is 4.39 Å². The molecular formula is C13H14FNO3. The summed E-state index contributed by atoms with van der Waals surface area (Å²) < 4.78 is 19.3. The fraction of sp³-hybridized carbons (Fsp3) is 0.462. The lowest BCUT2D eigenvalue weighted by molar-refractivity contribution is -0.0304. The molecule has 2 heterocycles. The van der Waals surface area contributed by atoms with Crippen LogP contribution in [0, 0.1) is 5.82 Å². The van der Waals surface area contributed by atoms with Crippen LogP contribution in [-0.2, 0) is 4.74 Å². The first-order valence-corrected chi connectivity index (χ1v) is 6.07. The molecule has 1 aromatic carbocycles. The van der Waals surface area contributed by atoms with Crippen LogP contribution >= 0.6 is 0 Å². The number of nitrogens with zero attached hydrogens (tertiary/aromatic N) is 1. The summed E-state index contributed by atoms with van der Waals surface area (Å²) in [5, 5.41) is 9.14. The predicted molar refractivity (Wildman–Crippen MR) is 61.9 cm³/mol. The SMILES string of the molecule is O=C(c1ccc(O)cc1F)N1CC2CCC(C1)O2. The summed E-state index contributed by atoms with van der Waals surface area (Å²) in [6.45, 7) is 1.05. The summed E-state index contributed by atoms with van der Waals surface area (Å²) in [6.07, 6.45) is 2.11. The maximum atomic E-state index is 13.6. The number of aromatic hydroxyl groups is 1. The summed E-state index contributed by atoms with van der Waals surface area (Å²) in [5.74, 6) is -1.18. The van der Waals surface area contributed by atoms with Crippen molar-refractivity contribution in [2.75, 3.05) is 13.1 Å². The third-order valence-corrected chi connectivity index (χ3v) is 3.51. The van der Waals surface area contributed by atoms with Gasteiger partial charge in [0.1, 0.15) is 11.6 Å². The highest BCUT2D eigenvalue weighted by molar-refractivity contribution is 5.94. The van der Waals surface area contributed by atoms with Gasteiger partial charge in [-0.2, -0.15) is 0 Å². The molecule has 3 rings (SSSR count). The average molecular weight is 251 g/mol. The van der Waals surface area contributed by atoms with Crippen LogP contribution in [0.3, 0.4) is 0 Å². The molecule has 5 heteroatoms. The molecular weight excluding hydrogens is 237 g/mol. The molecule has 0 aliphatic carbocycles. The zero-order chi connectivity index (χ0) is 12.7. The number of phenols is 1. The Balaban J connectivity index is 1.82. The van der Waals surface area contributed by atoms with E-state index in [1.165, 1.54) is 12.1 Å². The summed E-state index contributed by atoms with van der Waals surface area (Å²) in [5.41, 5.74) is 0.00843. The molecule has 18 heavy (non-hydrogen) atoms. The summed E-state index contributed by atoms with van der Waals surface area (Å²) >= 11 is 0. The van der Waals surface area contributed by atoms with Crippen LogP contribution in [0.25, 0.3) is 0 Å². The van der Waals surface area contributed by atoms with E-state index < -0.39 is 5.82 Å². The van der Waals surface area contributed by atoms with Gasteiger partial charge in [-0.1, -0.05) is 0 Å². The number of amides is 1. The Kier molecular flexibility index (Phi) is 2.70. The topological polar surface area (TPSA) is 49.8 Å². The van der Waals surface area contributed by atoms with Crippen molar-refractivity contribution in [3.63, 3.8) is 0 Å². The third-order valence-electron chi connectivity index (χ3n) is 3.51. The van der Waals surface area contributed by atoms with E-state index in [4.69, 9.17) is 9.84 Å². The lowest BCUT2D eigenvalue weighted by Crippen LogP contribution is -2.46. The molecule has 2 aliphatic heterocycles. The number of hydrogen-bond donors (Lipinski definition) is 1. The Morgan fingerprint density at radius 3 is 2.61 bits per heavy atom. The van der Waals surface area contributed by atoms with Crippen molar-refractivity contribution in [1.82, 2.24) is 4.90 Å². The van der Waals surface area contributed by atoms with Gasteiger partial charge in [0, 0.05) is 19.2 Å². The minimum atomic E-state index is -0.682. The summed E-state index contributed by atoms with van der Waals surface area (Å²) in [4.78, 5) is 13.8. The van der Waals surface area contributed by atoms with E-state index in [2.05, 4.69) is 0 Å². The van der Waals surface area contributed by atoms with Crippen molar-refractivity contribution >= 4 is 5.91 Å². The molecule has 96 valence electrons. The molecule has 2 aliphatic rings. The fourth-order valence-corrected chi connectivity index (χ4v) is 2.63. The minimum absolute atomic E-state index is 0.00843. The monoisotopic (exact) mass is 251 g/mol. The molecule has 0 spiro atoms. The number of phenolic OH excluding ortho intramolecular Hbond substituents is 1. The number of carbonyl (C=O) groups is 1. The zero-order valence-electron chi connectivity index (χ0n) is 9.80. The van der Waals surface area contributed by atoms with Crippen molar-refractivity contribution in [3.05, 3.63) is 29.6 Å². The van der Waals surface area contributed by atoms with E-state index in [1.807, 2.05) is 0 Å². The lowest BCUT2D eigenvalue weighted by Gasteiger charge is -2.32. The lowest BCUT2D eigenvalue weighted by atomic mass is 10.1. The quantitative estimate of drug-likeness (QED) is 0.823. The van der Waals surface area contributed by atoms with Crippen molar-refractivity contribution in [3.8, 4) is 5.75 Å². The minimum Gasteiger partial charge on any atom is -0.508 e. The Morgan fingerprint density at radius 1 is 1.33 bits per heavy atom. The van der Waals surface area contributed by atoms with Crippen molar-refractivity contribution < 1.29 is 19.0 Å². The summed E-state index contributed by atoms with van der Waals surface area (Å²) in [7, 11) is 0. The largest absolute Gasteiger partial charge is 0.508 e. The molecule has 1 N–H and O–H groups in total. The molecule has 0 aromatic heterocycles. The highest BCUT2D eigenvalue weighted by atomic mass is 19.1. The number of rotatable bonds is 1. The van der Waals surface area contributed by atoms with Gasteiger partial charge < -0.3 is 14.7 Å². The number of carbonyl (C=O) groups excluding carboxylic acids is 1. The van der Waals surface area contributed by atoms with E-state index in [-0.39, 0.29) is 29.4 Å². The number of ether oxygens (including phenoxy) is 1. The highest BCUT2D eigenvalue weighted by Gasteiger charge is 2.36. The second-order valence-electron chi connectivity index (χ2n) is 4.83. The summed E-state index contributed by atoms with van der Waals surface area (Å²) in [6, 6.07) is 3.61. The Morgan fingerprint density at radius 2 is 2.00 bits per heavy atom. The Bertz CT molecular complexity index is 479. The van der Waals surface area contributed by atoms with E-state index in [1.54, 1.807) is 4.90 Å². The third kappa shape index (κ3) is 1.95. The second-order valence-corrected chi connectivity index (χ2v) is 4.83. The Hall–Kier alpha value is -1.62. The molecule has 2 fully saturated rings. The van der Waals surface area contributed by atoms with Gasteiger partial charge in [-0.05, 0) is 25.0 Å². The van der Waals surface area contributed by atoms with Crippen LogP contribution in [0.4, 0.5) is 4.39 Å². The van der Waals surface area contributed by atoms with Gasteiger partial charge >= 0.3 is 0 Å². The van der Waals surface area contributed by atoms with Crippen LogP contribution < -0.4 is 0 Å². The molecule has 4 nitrogen and oxygen atoms in total. The molecule has 2 atom stereocenters. The predicted octanol–water partition coefficient (Wildman–Crippen LogP) is 1.53. The van der Waals surface area contributed by atoms with Crippen LogP contribution in [-0.4, -0.2) is 41.2 Å². The first kappa shape index (κ1) is 11.5. The standard InChI is InChI=1S/C13H14FNO3/c14-12-5-8(16)1-4-11(12)13(17)15-6-9-2-3-10(7-15)18-9/h1,4-5,9-10,16H,2-3,6-7H2. The van der Waals surface area contributed by atoms with E-state index in [0.717, 1.165) is 18.9 Å². The number of halogens is 1. The normalized spacial score (nSPS) is 26.4. The first-order valence-electron chi connectivity index (χ1n) is 6.07. The van der Waals surface area contributed by atoms with E-state index in [9.17, 15) is 9.18 Å². The number of morpholine rings is 1. The van der Waals surface area contributed by atoms with Crippen LogP contribution in [0.2, 0.25) is 0 Å². The number of likely N-dealkylation sites (tertiary alicyclic amines) is 1. The average Bonchev–Trinajstić information content (AvgIpc) is 2.67. The second kappa shape index (κ2) is 4.24. The van der Waals surface area contributed by atoms with Gasteiger partial charge in [-0.3, -0.25) is 4.79 Å². The molecule has 2 saturated heterocycles.